The normalized spacial score (nSPS) is 6.40. The van der Waals surface area contributed by atoms with Gasteiger partial charge < -0.3 is 0 Å². The highest BCUT2D eigenvalue weighted by molar-refractivity contribution is 7.78. The summed E-state index contributed by atoms with van der Waals surface area (Å²) < 4.78 is 0. The van der Waals surface area contributed by atoms with Crippen molar-refractivity contribution in [3.8, 4) is 0 Å². The van der Waals surface area contributed by atoms with Gasteiger partial charge in [-0.3, -0.25) is 0 Å². The molecule has 0 amide bonds. The van der Waals surface area contributed by atoms with Crippen LogP contribution in [0.25, 0.3) is 0 Å². The topological polar surface area (TPSA) is 0 Å². The van der Waals surface area contributed by atoms with Crippen LogP contribution >= 0.6 is 12.2 Å². The number of hydrogen-bond donors (Lipinski definition) is 0. The minimum Gasteiger partial charge on any atom is -0.103 e. The molecule has 0 aliphatic rings. The van der Waals surface area contributed by atoms with Crippen molar-refractivity contribution in [3.05, 3.63) is 12.7 Å². The largest absolute Gasteiger partial charge is 0.103 e. The van der Waals surface area contributed by atoms with Gasteiger partial charge in [-0.1, -0.05) is 18.3 Å². The van der Waals surface area contributed by atoms with E-state index in [2.05, 4.69) is 18.8 Å². The summed E-state index contributed by atoms with van der Waals surface area (Å²) in [6.45, 7) is 3.45. The summed E-state index contributed by atoms with van der Waals surface area (Å²) in [5.41, 5.74) is 0. The third-order valence-electron chi connectivity index (χ3n) is 0.263. The molecule has 0 nitrogen and oxygen atoms in total. The Balaban J connectivity index is 2.65. The lowest BCUT2D eigenvalue weighted by atomic mass is 10.5. The predicted octanol–water partition coefficient (Wildman–Crippen LogP) is 1.56. The van der Waals surface area contributed by atoms with E-state index in [1.807, 2.05) is 0 Å². The maximum Gasteiger partial charge on any atom is -0.00666 e. The van der Waals surface area contributed by atoms with Crippen molar-refractivity contribution in [2.24, 2.45) is 0 Å². The van der Waals surface area contributed by atoms with E-state index in [1.54, 1.807) is 11.4 Å². The van der Waals surface area contributed by atoms with Crippen LogP contribution in [-0.4, -0.2) is 5.37 Å². The van der Waals surface area contributed by atoms with E-state index in [1.165, 1.54) is 0 Å². The monoisotopic (exact) mass is 86.0 g/mol. The minimum atomic E-state index is 0.843. The molecule has 0 radical (unpaired) electrons. The molecule has 0 aromatic carbocycles. The number of allylic oxidation sites excluding steroid dienone is 1. The Bertz CT molecular complexity index is 32.9. The lowest BCUT2D eigenvalue weighted by Crippen LogP contribution is -1.54. The molecule has 0 aliphatic carbocycles. The first-order chi connectivity index (χ1) is 2.41. The van der Waals surface area contributed by atoms with E-state index in [4.69, 9.17) is 0 Å². The minimum absolute atomic E-state index is 0.843. The zero-order valence-electron chi connectivity index (χ0n) is 2.98. The number of hydrogen-bond acceptors (Lipinski definition) is 1. The Morgan fingerprint density at radius 2 is 2.40 bits per heavy atom. The predicted molar refractivity (Wildman–Crippen MR) is 28.5 cm³/mol. The van der Waals surface area contributed by atoms with E-state index >= 15 is 0 Å². The fraction of sp³-hybridized carbons (Fsp3) is 0.250. The summed E-state index contributed by atoms with van der Waals surface area (Å²) >= 11 is 4.45. The number of thiocarbonyl (C=S) groups is 1. The molecule has 1 heteroatoms. The first-order valence-electron chi connectivity index (χ1n) is 1.46. The van der Waals surface area contributed by atoms with Crippen LogP contribution in [0, 0.1) is 0 Å². The summed E-state index contributed by atoms with van der Waals surface area (Å²) in [5, 5.41) is 1.65. The highest BCUT2D eigenvalue weighted by Gasteiger charge is 1.55. The molecule has 0 aromatic heterocycles. The van der Waals surface area contributed by atoms with Crippen LogP contribution in [-0.2, 0) is 0 Å². The third kappa shape index (κ3) is 3.83. The molecule has 0 spiro atoms. The van der Waals surface area contributed by atoms with Crippen molar-refractivity contribution in [2.45, 2.75) is 6.42 Å². The smallest absolute Gasteiger partial charge is 0.00666 e. The van der Waals surface area contributed by atoms with Crippen LogP contribution in [0.4, 0.5) is 0 Å². The molecule has 0 fully saturated rings. The van der Waals surface area contributed by atoms with Gasteiger partial charge in [0.25, 0.3) is 0 Å². The van der Waals surface area contributed by atoms with Gasteiger partial charge in [0.05, 0.1) is 0 Å². The van der Waals surface area contributed by atoms with E-state index in [0.29, 0.717) is 0 Å². The Hall–Kier alpha value is -0.170. The zero-order chi connectivity index (χ0) is 4.12. The fourth-order valence-corrected chi connectivity index (χ4v) is 0.204. The van der Waals surface area contributed by atoms with Gasteiger partial charge in [-0.15, -0.1) is 6.58 Å². The van der Waals surface area contributed by atoms with Gasteiger partial charge >= 0.3 is 0 Å². The van der Waals surface area contributed by atoms with E-state index in [-0.39, 0.29) is 0 Å². The second-order valence-electron chi connectivity index (χ2n) is 0.691. The Morgan fingerprint density at radius 1 is 1.80 bits per heavy atom. The molecule has 0 N–H and O–H groups in total. The number of rotatable bonds is 2. The van der Waals surface area contributed by atoms with Crippen LogP contribution in [0.1, 0.15) is 6.42 Å². The molecule has 0 heterocycles. The first kappa shape index (κ1) is 4.83. The van der Waals surface area contributed by atoms with Crippen LogP contribution < -0.4 is 0 Å². The van der Waals surface area contributed by atoms with Crippen LogP contribution in [0.15, 0.2) is 12.7 Å². The van der Waals surface area contributed by atoms with Crippen LogP contribution in [0.3, 0.4) is 0 Å². The van der Waals surface area contributed by atoms with Gasteiger partial charge in [0, 0.05) is 0 Å². The maximum absolute atomic E-state index is 4.45. The van der Waals surface area contributed by atoms with Gasteiger partial charge in [0.2, 0.25) is 0 Å². The van der Waals surface area contributed by atoms with Gasteiger partial charge in [0.1, 0.15) is 0 Å². The molecule has 0 bridgehead atoms. The Morgan fingerprint density at radius 3 is 2.40 bits per heavy atom. The fourth-order valence-electron chi connectivity index (χ4n) is 0.0680. The summed E-state index contributed by atoms with van der Waals surface area (Å²) in [6.07, 6.45) is 2.61. The molecule has 0 saturated carbocycles. The summed E-state index contributed by atoms with van der Waals surface area (Å²) in [7, 11) is 0. The Labute approximate surface area is 37.5 Å². The van der Waals surface area contributed by atoms with E-state index in [0.717, 1.165) is 6.42 Å². The van der Waals surface area contributed by atoms with Gasteiger partial charge in [-0.25, -0.2) is 0 Å². The molecule has 0 rings (SSSR count). The average molecular weight is 86.2 g/mol. The van der Waals surface area contributed by atoms with Gasteiger partial charge in [-0.2, -0.15) is 0 Å². The van der Waals surface area contributed by atoms with Crippen molar-refractivity contribution in [1.82, 2.24) is 0 Å². The molecule has 5 heavy (non-hydrogen) atoms. The highest BCUT2D eigenvalue weighted by atomic mass is 32.1. The van der Waals surface area contributed by atoms with Gasteiger partial charge in [-0.05, 0) is 11.8 Å². The molecule has 0 atom stereocenters. The van der Waals surface area contributed by atoms with E-state index in [9.17, 15) is 0 Å². The maximum atomic E-state index is 4.45. The molecule has 0 aliphatic heterocycles. The molecular weight excluding hydrogens is 80.1 g/mol. The molecular formula is C4H6S. The zero-order valence-corrected chi connectivity index (χ0v) is 3.79. The van der Waals surface area contributed by atoms with Crippen molar-refractivity contribution in [1.29, 1.82) is 0 Å². The second kappa shape index (κ2) is 3.83. The standard InChI is InChI=1S/C4H6S/c1-2-3-4-5/h2,4H,1,3H2. The highest BCUT2D eigenvalue weighted by Crippen LogP contribution is 1.67. The average Bonchev–Trinajstić information content (AvgIpc) is 1.41. The lowest BCUT2D eigenvalue weighted by molar-refractivity contribution is 1.60. The van der Waals surface area contributed by atoms with Crippen LogP contribution in [0.2, 0.25) is 0 Å². The third-order valence-corrected chi connectivity index (χ3v) is 0.455. The van der Waals surface area contributed by atoms with Crippen molar-refractivity contribution < 1.29 is 0 Å². The first-order valence-corrected chi connectivity index (χ1v) is 1.93. The van der Waals surface area contributed by atoms with Crippen molar-refractivity contribution in [2.75, 3.05) is 0 Å². The quantitative estimate of drug-likeness (QED) is 0.363. The summed E-state index contributed by atoms with van der Waals surface area (Å²) in [4.78, 5) is 0. The van der Waals surface area contributed by atoms with Crippen molar-refractivity contribution in [3.63, 3.8) is 0 Å². The second-order valence-corrected chi connectivity index (χ2v) is 1.02. The van der Waals surface area contributed by atoms with E-state index < -0.39 is 0 Å². The Kier molecular flexibility index (Phi) is 3.70. The lowest BCUT2D eigenvalue weighted by Gasteiger charge is -1.62. The molecule has 0 unspecified atom stereocenters. The SMILES string of the molecule is C=CCC=S. The molecule has 0 saturated heterocycles. The molecule has 0 aromatic rings. The summed E-state index contributed by atoms with van der Waals surface area (Å²) in [6, 6.07) is 0. The van der Waals surface area contributed by atoms with Crippen LogP contribution in [0.5, 0.6) is 0 Å². The summed E-state index contributed by atoms with van der Waals surface area (Å²) in [5.74, 6) is 0. The van der Waals surface area contributed by atoms with Crippen molar-refractivity contribution >= 4 is 17.6 Å². The van der Waals surface area contributed by atoms with Gasteiger partial charge in [0.15, 0.2) is 0 Å². The molecule has 28 valence electrons.